The molecule has 0 aliphatic heterocycles. The largest absolute Gasteiger partial charge is 0.506 e. The predicted octanol–water partition coefficient (Wildman–Crippen LogP) is 6.36. The lowest BCUT2D eigenvalue weighted by Crippen LogP contribution is -2.06. The average Bonchev–Trinajstić information content (AvgIpc) is 3.03. The van der Waals surface area contributed by atoms with E-state index in [0.29, 0.717) is 17.6 Å². The zero-order valence-electron chi connectivity index (χ0n) is 25.5. The third kappa shape index (κ3) is 7.35. The molecule has 0 saturated carbocycles. The zero-order chi connectivity index (χ0) is 34.7. The van der Waals surface area contributed by atoms with Crippen LogP contribution in [-0.4, -0.2) is 65.2 Å². The molecule has 0 spiro atoms. The molecule has 47 heavy (non-hydrogen) atoms. The van der Waals surface area contributed by atoms with Gasteiger partial charge < -0.3 is 20.3 Å². The van der Waals surface area contributed by atoms with Crippen molar-refractivity contribution >= 4 is 69.0 Å². The summed E-state index contributed by atoms with van der Waals surface area (Å²) in [5.74, 6) is -1.38. The Bertz CT molecular complexity index is 2250. The molecule has 0 amide bonds. The number of azo groups is 2. The molecule has 0 aliphatic rings. The summed E-state index contributed by atoms with van der Waals surface area (Å²) in [6, 6.07) is 11.4. The van der Waals surface area contributed by atoms with Gasteiger partial charge in [0.1, 0.15) is 44.0 Å². The average molecular weight is 706 g/mol. The summed E-state index contributed by atoms with van der Waals surface area (Å²) in [7, 11) is -11.2. The number of sulfone groups is 2. The molecule has 0 atom stereocenters. The van der Waals surface area contributed by atoms with Crippen LogP contribution in [0.4, 0.5) is 28.4 Å². The van der Waals surface area contributed by atoms with Crippen LogP contribution >= 0.6 is 0 Å². The van der Waals surface area contributed by atoms with Gasteiger partial charge in [-0.25, -0.2) is 16.8 Å². The Labute approximate surface area is 271 Å². The maximum Gasteiger partial charge on any atom is 0.296 e. The Morgan fingerprint density at radius 2 is 1.32 bits per heavy atom. The predicted molar refractivity (Wildman–Crippen MR) is 174 cm³/mol. The van der Waals surface area contributed by atoms with Crippen molar-refractivity contribution in [2.45, 2.75) is 35.5 Å². The SMILES string of the molecule is CCNc1ccc2c(O)c(/N=N/c3cc(OC)c(S(=O)(=O)CC)cc3O)ccc2c1/N=N/c1ccc(S(=O)(=O)CC)cc1S(=O)(=O)O. The van der Waals surface area contributed by atoms with Gasteiger partial charge in [0, 0.05) is 29.4 Å². The summed E-state index contributed by atoms with van der Waals surface area (Å²) in [4.78, 5) is -1.28. The van der Waals surface area contributed by atoms with Crippen molar-refractivity contribution < 1.29 is 44.8 Å². The number of benzene rings is 4. The lowest BCUT2D eigenvalue weighted by molar-refractivity contribution is 0.399. The number of ether oxygens (including phenoxy) is 1. The van der Waals surface area contributed by atoms with E-state index in [1.807, 2.05) is 6.92 Å². The molecule has 0 heterocycles. The van der Waals surface area contributed by atoms with E-state index in [1.165, 1.54) is 39.2 Å². The number of rotatable bonds is 12. The van der Waals surface area contributed by atoms with Crippen molar-refractivity contribution in [1.29, 1.82) is 0 Å². The van der Waals surface area contributed by atoms with Crippen LogP contribution in [0.3, 0.4) is 0 Å². The molecule has 0 unspecified atom stereocenters. The minimum Gasteiger partial charge on any atom is -0.506 e. The number of nitrogens with zero attached hydrogens (tertiary/aromatic N) is 4. The molecule has 250 valence electrons. The number of nitrogens with one attached hydrogen (secondary N) is 1. The van der Waals surface area contributed by atoms with Crippen LogP contribution in [0.1, 0.15) is 20.8 Å². The first-order valence-corrected chi connectivity index (χ1v) is 18.7. The third-order valence-electron chi connectivity index (χ3n) is 6.94. The smallest absolute Gasteiger partial charge is 0.296 e. The zero-order valence-corrected chi connectivity index (χ0v) is 28.0. The summed E-state index contributed by atoms with van der Waals surface area (Å²) in [6.45, 7) is 5.12. The quantitative estimate of drug-likeness (QED) is 0.0935. The standard InChI is InChI=1S/C29H31N5O10S3/c1-5-30-21-12-10-19-18(28(21)34-31-20-11-8-17(45(37,38)6-2)14-26(20)47(41,42)43)9-13-22(29(19)36)32-33-23-15-25(44-4)27(16-24(23)35)46(39,40)7-3/h8-16,30,35-36H,5-7H2,1-4H3,(H,41,42,43)/b33-32+,34-31+. The minimum atomic E-state index is -4.90. The van der Waals surface area contributed by atoms with Crippen molar-refractivity contribution in [3.63, 3.8) is 0 Å². The Hall–Kier alpha value is -4.65. The highest BCUT2D eigenvalue weighted by atomic mass is 32.2. The second-order valence-corrected chi connectivity index (χ2v) is 15.7. The van der Waals surface area contributed by atoms with Crippen molar-refractivity contribution in [1.82, 2.24) is 0 Å². The van der Waals surface area contributed by atoms with E-state index in [1.54, 1.807) is 12.1 Å². The van der Waals surface area contributed by atoms with Crippen LogP contribution in [-0.2, 0) is 29.8 Å². The van der Waals surface area contributed by atoms with Gasteiger partial charge in [-0.1, -0.05) is 13.8 Å². The molecule has 0 aliphatic carbocycles. The van der Waals surface area contributed by atoms with Gasteiger partial charge in [-0.15, -0.1) is 20.5 Å². The highest BCUT2D eigenvalue weighted by molar-refractivity contribution is 7.91. The second-order valence-electron chi connectivity index (χ2n) is 9.82. The van der Waals surface area contributed by atoms with Gasteiger partial charge in [0.05, 0.1) is 29.2 Å². The number of anilines is 1. The van der Waals surface area contributed by atoms with Crippen LogP contribution < -0.4 is 10.1 Å². The molecule has 4 N–H and O–H groups in total. The van der Waals surface area contributed by atoms with Gasteiger partial charge in [-0.3, -0.25) is 4.55 Å². The summed E-state index contributed by atoms with van der Waals surface area (Å²) in [5, 5.41) is 41.5. The fraction of sp³-hybridized carbons (Fsp3) is 0.241. The molecule has 0 radical (unpaired) electrons. The van der Waals surface area contributed by atoms with Gasteiger partial charge in [0.15, 0.2) is 25.4 Å². The fourth-order valence-electron chi connectivity index (χ4n) is 4.42. The van der Waals surface area contributed by atoms with Crippen LogP contribution in [0.5, 0.6) is 17.2 Å². The van der Waals surface area contributed by atoms with E-state index in [0.717, 1.165) is 24.3 Å². The molecule has 18 heteroatoms. The highest BCUT2D eigenvalue weighted by Crippen LogP contribution is 2.44. The van der Waals surface area contributed by atoms with E-state index in [4.69, 9.17) is 4.74 Å². The first-order chi connectivity index (χ1) is 22.1. The number of phenolic OH excluding ortho intramolecular Hbond substituents is 2. The molecule has 15 nitrogen and oxygen atoms in total. The van der Waals surface area contributed by atoms with E-state index in [-0.39, 0.29) is 60.9 Å². The summed E-state index contributed by atoms with van der Waals surface area (Å²) in [6.07, 6.45) is 0. The molecule has 4 rings (SSSR count). The molecule has 4 aromatic carbocycles. The molecular formula is C29H31N5O10S3. The summed E-state index contributed by atoms with van der Waals surface area (Å²) >= 11 is 0. The Balaban J connectivity index is 1.81. The van der Waals surface area contributed by atoms with Crippen LogP contribution in [0.15, 0.2) is 89.7 Å². The maximum absolute atomic E-state index is 12.4. The van der Waals surface area contributed by atoms with Gasteiger partial charge in [-0.05, 0) is 49.4 Å². The van der Waals surface area contributed by atoms with E-state index >= 15 is 0 Å². The van der Waals surface area contributed by atoms with Gasteiger partial charge >= 0.3 is 0 Å². The molecule has 0 saturated heterocycles. The van der Waals surface area contributed by atoms with Gasteiger partial charge in [-0.2, -0.15) is 8.42 Å². The molecule has 0 bridgehead atoms. The summed E-state index contributed by atoms with van der Waals surface area (Å²) in [5.41, 5.74) is 0.145. The normalized spacial score (nSPS) is 12.7. The summed E-state index contributed by atoms with van der Waals surface area (Å²) < 4.78 is 88.6. The third-order valence-corrected chi connectivity index (χ3v) is 11.3. The number of phenols is 2. The lowest BCUT2D eigenvalue weighted by Gasteiger charge is -2.12. The van der Waals surface area contributed by atoms with Crippen LogP contribution in [0.25, 0.3) is 10.8 Å². The number of fused-ring (bicyclic) bond motifs is 1. The van der Waals surface area contributed by atoms with Crippen molar-refractivity contribution in [3.8, 4) is 17.2 Å². The second kappa shape index (κ2) is 13.6. The number of hydrogen-bond acceptors (Lipinski definition) is 14. The Morgan fingerprint density at radius 1 is 0.702 bits per heavy atom. The molecule has 0 aromatic heterocycles. The van der Waals surface area contributed by atoms with Gasteiger partial charge in [0.2, 0.25) is 0 Å². The Morgan fingerprint density at radius 3 is 1.94 bits per heavy atom. The fourth-order valence-corrected chi connectivity index (χ4v) is 7.10. The minimum absolute atomic E-state index is 0.0263. The first kappa shape index (κ1) is 35.2. The highest BCUT2D eigenvalue weighted by Gasteiger charge is 2.23. The van der Waals surface area contributed by atoms with Gasteiger partial charge in [0.25, 0.3) is 10.1 Å². The topological polar surface area (TPSA) is 234 Å². The monoisotopic (exact) mass is 705 g/mol. The molecular weight excluding hydrogens is 675 g/mol. The van der Waals surface area contributed by atoms with E-state index in [2.05, 4.69) is 25.8 Å². The van der Waals surface area contributed by atoms with Crippen LogP contribution in [0, 0.1) is 0 Å². The number of methoxy groups -OCH3 is 1. The van der Waals surface area contributed by atoms with Crippen molar-refractivity contribution in [2.24, 2.45) is 20.5 Å². The van der Waals surface area contributed by atoms with Crippen molar-refractivity contribution in [2.75, 3.05) is 30.5 Å². The molecule has 0 fully saturated rings. The van der Waals surface area contributed by atoms with Crippen LogP contribution in [0.2, 0.25) is 0 Å². The van der Waals surface area contributed by atoms with E-state index in [9.17, 15) is 40.0 Å². The number of aromatic hydroxyl groups is 2. The maximum atomic E-state index is 12.4. The van der Waals surface area contributed by atoms with Crippen molar-refractivity contribution in [3.05, 3.63) is 54.6 Å². The first-order valence-electron chi connectivity index (χ1n) is 13.9. The molecule has 4 aromatic rings. The van der Waals surface area contributed by atoms with E-state index < -0.39 is 40.4 Å². The number of hydrogen-bond donors (Lipinski definition) is 4. The Kier molecular flexibility index (Phi) is 10.2. The lowest BCUT2D eigenvalue weighted by atomic mass is 10.1.